The summed E-state index contributed by atoms with van der Waals surface area (Å²) in [6, 6.07) is 5.67. The van der Waals surface area contributed by atoms with Gasteiger partial charge in [-0.1, -0.05) is 19.9 Å². The first-order valence-electron chi connectivity index (χ1n) is 7.27. The van der Waals surface area contributed by atoms with Crippen LogP contribution in [0, 0.1) is 5.92 Å². The topological polar surface area (TPSA) is 73.6 Å². The van der Waals surface area contributed by atoms with Gasteiger partial charge in [-0.2, -0.15) is 0 Å². The number of carbonyl (C=O) groups is 1. The van der Waals surface area contributed by atoms with Gasteiger partial charge >= 0.3 is 0 Å². The third kappa shape index (κ3) is 5.63. The minimum atomic E-state index is -0.127. The molecule has 1 unspecified atom stereocenters. The molecule has 0 radical (unpaired) electrons. The Morgan fingerprint density at radius 1 is 1.33 bits per heavy atom. The molecule has 5 nitrogen and oxygen atoms in total. The van der Waals surface area contributed by atoms with E-state index in [-0.39, 0.29) is 18.6 Å². The van der Waals surface area contributed by atoms with Crippen molar-refractivity contribution in [3.8, 4) is 11.5 Å². The minimum Gasteiger partial charge on any atom is -0.497 e. The maximum Gasteiger partial charge on any atom is 0.258 e. The fraction of sp³-hybridized carbons (Fsp3) is 0.562. The van der Waals surface area contributed by atoms with Crippen LogP contribution in [-0.4, -0.2) is 32.2 Å². The van der Waals surface area contributed by atoms with Gasteiger partial charge in [0.05, 0.1) is 7.11 Å². The third-order valence-corrected chi connectivity index (χ3v) is 3.44. The monoisotopic (exact) mass is 294 g/mol. The Labute approximate surface area is 126 Å². The van der Waals surface area contributed by atoms with Crippen molar-refractivity contribution in [1.82, 2.24) is 5.32 Å². The van der Waals surface area contributed by atoms with E-state index in [2.05, 4.69) is 19.2 Å². The van der Waals surface area contributed by atoms with E-state index in [9.17, 15) is 4.79 Å². The molecule has 0 aliphatic heterocycles. The van der Waals surface area contributed by atoms with E-state index < -0.39 is 0 Å². The summed E-state index contributed by atoms with van der Waals surface area (Å²) in [5, 5.41) is 2.91. The van der Waals surface area contributed by atoms with Crippen LogP contribution in [0.3, 0.4) is 0 Å². The SMILES string of the molecule is COc1ccc(CCN)c(OCC(=O)NC(C)C(C)C)c1. The standard InChI is InChI=1S/C16H26N2O3/c1-11(2)12(3)18-16(19)10-21-15-9-14(20-4)6-5-13(15)7-8-17/h5-6,9,11-12H,7-8,10,17H2,1-4H3,(H,18,19). The lowest BCUT2D eigenvalue weighted by Gasteiger charge is -2.18. The summed E-state index contributed by atoms with van der Waals surface area (Å²) in [7, 11) is 1.60. The predicted octanol–water partition coefficient (Wildman–Crippen LogP) is 1.74. The number of carbonyl (C=O) groups excluding carboxylic acids is 1. The van der Waals surface area contributed by atoms with Crippen molar-refractivity contribution in [2.75, 3.05) is 20.3 Å². The third-order valence-electron chi connectivity index (χ3n) is 3.44. The van der Waals surface area contributed by atoms with Crippen molar-refractivity contribution >= 4 is 5.91 Å². The molecule has 3 N–H and O–H groups in total. The summed E-state index contributed by atoms with van der Waals surface area (Å²) in [6.07, 6.45) is 0.698. The maximum atomic E-state index is 11.9. The highest BCUT2D eigenvalue weighted by Crippen LogP contribution is 2.25. The summed E-state index contributed by atoms with van der Waals surface area (Å²) in [5.74, 6) is 1.60. The molecule has 0 aromatic heterocycles. The fourth-order valence-electron chi connectivity index (χ4n) is 1.76. The Kier molecular flexibility index (Phi) is 7.02. The van der Waals surface area contributed by atoms with Crippen LogP contribution in [0.4, 0.5) is 0 Å². The smallest absolute Gasteiger partial charge is 0.258 e. The second-order valence-corrected chi connectivity index (χ2v) is 5.40. The molecule has 1 rings (SSSR count). The summed E-state index contributed by atoms with van der Waals surface area (Å²) in [4.78, 5) is 11.9. The van der Waals surface area contributed by atoms with Crippen molar-refractivity contribution in [1.29, 1.82) is 0 Å². The van der Waals surface area contributed by atoms with Gasteiger partial charge in [0.25, 0.3) is 5.91 Å². The van der Waals surface area contributed by atoms with Gasteiger partial charge in [-0.25, -0.2) is 0 Å². The number of nitrogens with two attached hydrogens (primary N) is 1. The number of amides is 1. The van der Waals surface area contributed by atoms with Gasteiger partial charge in [0, 0.05) is 12.1 Å². The Bertz CT molecular complexity index is 461. The zero-order valence-corrected chi connectivity index (χ0v) is 13.3. The maximum absolute atomic E-state index is 11.9. The van der Waals surface area contributed by atoms with Gasteiger partial charge in [-0.05, 0) is 37.4 Å². The van der Waals surface area contributed by atoms with Crippen molar-refractivity contribution in [3.63, 3.8) is 0 Å². The van der Waals surface area contributed by atoms with Gasteiger partial charge in [0.2, 0.25) is 0 Å². The lowest BCUT2D eigenvalue weighted by molar-refractivity contribution is -0.124. The Hall–Kier alpha value is -1.75. The highest BCUT2D eigenvalue weighted by atomic mass is 16.5. The number of hydrogen-bond donors (Lipinski definition) is 2. The molecule has 1 amide bonds. The number of ether oxygens (including phenoxy) is 2. The number of rotatable bonds is 8. The predicted molar refractivity (Wildman–Crippen MR) is 83.7 cm³/mol. The second-order valence-electron chi connectivity index (χ2n) is 5.40. The van der Waals surface area contributed by atoms with E-state index in [1.54, 1.807) is 13.2 Å². The van der Waals surface area contributed by atoms with Gasteiger partial charge in [-0.15, -0.1) is 0 Å². The number of methoxy groups -OCH3 is 1. The second kappa shape index (κ2) is 8.52. The van der Waals surface area contributed by atoms with Crippen LogP contribution in [0.2, 0.25) is 0 Å². The fourth-order valence-corrected chi connectivity index (χ4v) is 1.76. The van der Waals surface area contributed by atoms with Gasteiger partial charge < -0.3 is 20.5 Å². The molecule has 21 heavy (non-hydrogen) atoms. The van der Waals surface area contributed by atoms with E-state index in [4.69, 9.17) is 15.2 Å². The highest BCUT2D eigenvalue weighted by Gasteiger charge is 2.12. The lowest BCUT2D eigenvalue weighted by Crippen LogP contribution is -2.39. The molecule has 1 aromatic carbocycles. The van der Waals surface area contributed by atoms with E-state index >= 15 is 0 Å². The first-order valence-corrected chi connectivity index (χ1v) is 7.27. The number of nitrogens with one attached hydrogen (secondary N) is 1. The number of hydrogen-bond acceptors (Lipinski definition) is 4. The molecule has 1 aromatic rings. The summed E-state index contributed by atoms with van der Waals surface area (Å²) in [6.45, 7) is 6.62. The van der Waals surface area contributed by atoms with Gasteiger partial charge in [0.1, 0.15) is 11.5 Å². The van der Waals surface area contributed by atoms with Crippen molar-refractivity contribution in [2.45, 2.75) is 33.2 Å². The molecule has 0 heterocycles. The minimum absolute atomic E-state index is 0.0121. The molecule has 0 spiro atoms. The highest BCUT2D eigenvalue weighted by molar-refractivity contribution is 5.77. The Morgan fingerprint density at radius 3 is 2.62 bits per heavy atom. The molecule has 0 bridgehead atoms. The van der Waals surface area contributed by atoms with Crippen molar-refractivity contribution in [2.24, 2.45) is 11.7 Å². The Morgan fingerprint density at radius 2 is 2.05 bits per heavy atom. The van der Waals surface area contributed by atoms with E-state index in [1.807, 2.05) is 19.1 Å². The quantitative estimate of drug-likeness (QED) is 0.766. The van der Waals surface area contributed by atoms with Crippen LogP contribution >= 0.6 is 0 Å². The first-order chi connectivity index (χ1) is 9.97. The molecular weight excluding hydrogens is 268 g/mol. The normalized spacial score (nSPS) is 12.1. The summed E-state index contributed by atoms with van der Waals surface area (Å²) < 4.78 is 10.8. The molecule has 118 valence electrons. The zero-order chi connectivity index (χ0) is 15.8. The van der Waals surface area contributed by atoms with E-state index in [0.29, 0.717) is 30.4 Å². The lowest BCUT2D eigenvalue weighted by atomic mass is 10.1. The van der Waals surface area contributed by atoms with Gasteiger partial charge in [0.15, 0.2) is 6.61 Å². The van der Waals surface area contributed by atoms with E-state index in [1.165, 1.54) is 0 Å². The molecule has 1 atom stereocenters. The largest absolute Gasteiger partial charge is 0.497 e. The van der Waals surface area contributed by atoms with Crippen LogP contribution in [0.25, 0.3) is 0 Å². The number of benzene rings is 1. The van der Waals surface area contributed by atoms with Crippen molar-refractivity contribution < 1.29 is 14.3 Å². The molecule has 0 aliphatic carbocycles. The van der Waals surface area contributed by atoms with E-state index in [0.717, 1.165) is 5.56 Å². The average Bonchev–Trinajstić information content (AvgIpc) is 2.46. The van der Waals surface area contributed by atoms with Crippen LogP contribution in [0.5, 0.6) is 11.5 Å². The van der Waals surface area contributed by atoms with Gasteiger partial charge in [-0.3, -0.25) is 4.79 Å². The Balaban J connectivity index is 2.66. The van der Waals surface area contributed by atoms with Crippen LogP contribution in [0.1, 0.15) is 26.3 Å². The molecule has 0 aliphatic rings. The summed E-state index contributed by atoms with van der Waals surface area (Å²) >= 11 is 0. The molecular formula is C16H26N2O3. The van der Waals surface area contributed by atoms with Crippen LogP contribution in [-0.2, 0) is 11.2 Å². The zero-order valence-electron chi connectivity index (χ0n) is 13.3. The van der Waals surface area contributed by atoms with Crippen LogP contribution < -0.4 is 20.5 Å². The summed E-state index contributed by atoms with van der Waals surface area (Å²) in [5.41, 5.74) is 6.56. The molecule has 0 saturated heterocycles. The molecule has 0 fully saturated rings. The average molecular weight is 294 g/mol. The molecule has 5 heteroatoms. The van der Waals surface area contributed by atoms with Crippen molar-refractivity contribution in [3.05, 3.63) is 23.8 Å². The first kappa shape index (κ1) is 17.3. The molecule has 0 saturated carbocycles. The van der Waals surface area contributed by atoms with Crippen LogP contribution in [0.15, 0.2) is 18.2 Å².